The molecule has 3 unspecified atom stereocenters. The lowest BCUT2D eigenvalue weighted by Crippen LogP contribution is -2.41. The fourth-order valence-corrected chi connectivity index (χ4v) is 3.71. The molecule has 1 aliphatic rings. The van der Waals surface area contributed by atoms with Gasteiger partial charge in [0, 0.05) is 17.3 Å². The standard InChI is InChI=1S/C15H21F2NS/c1-10(11-7-8-12(16)13(17)9-11)18-14-5-3-4-6-15(14)19-2/h7-10,14-15,18H,3-6H2,1-2H3. The van der Waals surface area contributed by atoms with Crippen molar-refractivity contribution >= 4 is 11.8 Å². The van der Waals surface area contributed by atoms with E-state index in [9.17, 15) is 8.78 Å². The summed E-state index contributed by atoms with van der Waals surface area (Å²) in [4.78, 5) is 0. The van der Waals surface area contributed by atoms with Gasteiger partial charge in [-0.25, -0.2) is 8.78 Å². The molecule has 0 amide bonds. The average molecular weight is 285 g/mol. The molecule has 106 valence electrons. The van der Waals surface area contributed by atoms with Crippen molar-refractivity contribution in [2.24, 2.45) is 0 Å². The molecule has 2 rings (SSSR count). The minimum Gasteiger partial charge on any atom is -0.306 e. The SMILES string of the molecule is CSC1CCCCC1NC(C)c1ccc(F)c(F)c1. The molecule has 1 saturated carbocycles. The first-order valence-corrected chi connectivity index (χ1v) is 8.14. The van der Waals surface area contributed by atoms with Crippen LogP contribution in [0.4, 0.5) is 8.78 Å². The van der Waals surface area contributed by atoms with Gasteiger partial charge in [-0.05, 0) is 43.7 Å². The molecule has 0 bridgehead atoms. The summed E-state index contributed by atoms with van der Waals surface area (Å²) in [6.07, 6.45) is 7.10. The zero-order chi connectivity index (χ0) is 13.8. The first-order valence-electron chi connectivity index (χ1n) is 6.85. The Kier molecular flexibility index (Phi) is 5.22. The van der Waals surface area contributed by atoms with Crippen molar-refractivity contribution in [3.63, 3.8) is 0 Å². The number of hydrogen-bond acceptors (Lipinski definition) is 2. The summed E-state index contributed by atoms with van der Waals surface area (Å²) in [6.45, 7) is 2.01. The molecule has 1 N–H and O–H groups in total. The number of rotatable bonds is 4. The summed E-state index contributed by atoms with van der Waals surface area (Å²) in [5.41, 5.74) is 0.810. The van der Waals surface area contributed by atoms with Crippen molar-refractivity contribution in [3.05, 3.63) is 35.4 Å². The Morgan fingerprint density at radius 2 is 1.95 bits per heavy atom. The summed E-state index contributed by atoms with van der Waals surface area (Å²) in [7, 11) is 0. The molecule has 19 heavy (non-hydrogen) atoms. The largest absolute Gasteiger partial charge is 0.306 e. The van der Waals surface area contributed by atoms with E-state index in [1.54, 1.807) is 6.07 Å². The maximum atomic E-state index is 13.3. The molecule has 0 saturated heterocycles. The van der Waals surface area contributed by atoms with Crippen LogP contribution in [0, 0.1) is 11.6 Å². The van der Waals surface area contributed by atoms with E-state index >= 15 is 0 Å². The van der Waals surface area contributed by atoms with Gasteiger partial charge in [0.05, 0.1) is 0 Å². The van der Waals surface area contributed by atoms with Crippen molar-refractivity contribution in [1.29, 1.82) is 0 Å². The molecular weight excluding hydrogens is 264 g/mol. The van der Waals surface area contributed by atoms with Gasteiger partial charge in [0.15, 0.2) is 11.6 Å². The summed E-state index contributed by atoms with van der Waals surface area (Å²) in [5, 5.41) is 4.20. The molecule has 1 fully saturated rings. The Labute approximate surface area is 118 Å². The molecule has 0 radical (unpaired) electrons. The van der Waals surface area contributed by atoms with Crippen LogP contribution in [0.2, 0.25) is 0 Å². The summed E-state index contributed by atoms with van der Waals surface area (Å²) in [6, 6.07) is 4.67. The minimum atomic E-state index is -0.782. The molecule has 0 heterocycles. The summed E-state index contributed by atoms with van der Waals surface area (Å²) >= 11 is 1.90. The first-order chi connectivity index (χ1) is 9.11. The van der Waals surface area contributed by atoms with E-state index in [0.29, 0.717) is 11.3 Å². The van der Waals surface area contributed by atoms with Crippen LogP contribution >= 0.6 is 11.8 Å². The van der Waals surface area contributed by atoms with Crippen LogP contribution in [0.15, 0.2) is 18.2 Å². The Hall–Kier alpha value is -0.610. The lowest BCUT2D eigenvalue weighted by molar-refractivity contribution is 0.355. The zero-order valence-electron chi connectivity index (χ0n) is 11.5. The fourth-order valence-electron chi connectivity index (χ4n) is 2.77. The molecule has 0 aromatic heterocycles. The van der Waals surface area contributed by atoms with Gasteiger partial charge < -0.3 is 5.32 Å². The summed E-state index contributed by atoms with van der Waals surface area (Å²) < 4.78 is 26.2. The highest BCUT2D eigenvalue weighted by Gasteiger charge is 2.25. The fraction of sp³-hybridized carbons (Fsp3) is 0.600. The van der Waals surface area contributed by atoms with Crippen molar-refractivity contribution < 1.29 is 8.78 Å². The molecular formula is C15H21F2NS. The van der Waals surface area contributed by atoms with Crippen LogP contribution in [0.5, 0.6) is 0 Å². The maximum absolute atomic E-state index is 13.3. The summed E-state index contributed by atoms with van der Waals surface area (Å²) in [5.74, 6) is -1.55. The number of benzene rings is 1. The monoisotopic (exact) mass is 285 g/mol. The van der Waals surface area contributed by atoms with Crippen LogP contribution in [0.25, 0.3) is 0 Å². The molecule has 0 spiro atoms. The zero-order valence-corrected chi connectivity index (χ0v) is 12.3. The van der Waals surface area contributed by atoms with Gasteiger partial charge in [-0.2, -0.15) is 11.8 Å². The Morgan fingerprint density at radius 3 is 2.63 bits per heavy atom. The van der Waals surface area contributed by atoms with Crippen LogP contribution < -0.4 is 5.32 Å². The second-order valence-corrected chi connectivity index (χ2v) is 6.30. The van der Waals surface area contributed by atoms with Crippen molar-refractivity contribution in [3.8, 4) is 0 Å². The third kappa shape index (κ3) is 3.69. The topological polar surface area (TPSA) is 12.0 Å². The molecule has 1 nitrogen and oxygen atoms in total. The van der Waals surface area contributed by atoms with E-state index in [2.05, 4.69) is 11.6 Å². The van der Waals surface area contributed by atoms with Crippen LogP contribution in [0.1, 0.15) is 44.2 Å². The molecule has 1 aliphatic carbocycles. The van der Waals surface area contributed by atoms with Gasteiger partial charge in [0.25, 0.3) is 0 Å². The molecule has 1 aromatic carbocycles. The highest BCUT2D eigenvalue weighted by molar-refractivity contribution is 7.99. The molecule has 0 aliphatic heterocycles. The van der Waals surface area contributed by atoms with Crippen molar-refractivity contribution in [1.82, 2.24) is 5.32 Å². The number of nitrogens with one attached hydrogen (secondary N) is 1. The Balaban J connectivity index is 2.02. The molecule has 1 aromatic rings. The minimum absolute atomic E-state index is 0.0489. The van der Waals surface area contributed by atoms with Crippen LogP contribution in [0.3, 0.4) is 0 Å². The van der Waals surface area contributed by atoms with E-state index in [0.717, 1.165) is 5.56 Å². The highest BCUT2D eigenvalue weighted by Crippen LogP contribution is 2.29. The normalized spacial score (nSPS) is 25.3. The first kappa shape index (κ1) is 14.8. The third-order valence-corrected chi connectivity index (χ3v) is 5.08. The van der Waals surface area contributed by atoms with E-state index < -0.39 is 11.6 Å². The van der Waals surface area contributed by atoms with E-state index in [4.69, 9.17) is 0 Å². The number of halogens is 2. The predicted molar refractivity (Wildman–Crippen MR) is 77.5 cm³/mol. The third-order valence-electron chi connectivity index (χ3n) is 3.91. The number of thioether (sulfide) groups is 1. The van der Waals surface area contributed by atoms with E-state index in [1.165, 1.54) is 37.8 Å². The van der Waals surface area contributed by atoms with E-state index in [1.807, 2.05) is 18.7 Å². The lowest BCUT2D eigenvalue weighted by Gasteiger charge is -2.33. The second-order valence-electron chi connectivity index (χ2n) is 5.23. The van der Waals surface area contributed by atoms with Gasteiger partial charge in [0.2, 0.25) is 0 Å². The Morgan fingerprint density at radius 1 is 1.21 bits per heavy atom. The highest BCUT2D eigenvalue weighted by atomic mass is 32.2. The van der Waals surface area contributed by atoms with Crippen LogP contribution in [-0.4, -0.2) is 17.5 Å². The smallest absolute Gasteiger partial charge is 0.159 e. The van der Waals surface area contributed by atoms with E-state index in [-0.39, 0.29) is 6.04 Å². The molecule has 4 heteroatoms. The van der Waals surface area contributed by atoms with Gasteiger partial charge in [-0.1, -0.05) is 18.9 Å². The quantitative estimate of drug-likeness (QED) is 0.885. The van der Waals surface area contributed by atoms with Gasteiger partial charge in [-0.3, -0.25) is 0 Å². The Bertz CT molecular complexity index is 425. The van der Waals surface area contributed by atoms with Gasteiger partial charge in [0.1, 0.15) is 0 Å². The predicted octanol–water partition coefficient (Wildman–Crippen LogP) is 4.29. The molecule has 3 atom stereocenters. The lowest BCUT2D eigenvalue weighted by atomic mass is 9.93. The van der Waals surface area contributed by atoms with Gasteiger partial charge in [-0.15, -0.1) is 0 Å². The second kappa shape index (κ2) is 6.71. The van der Waals surface area contributed by atoms with Crippen molar-refractivity contribution in [2.75, 3.05) is 6.26 Å². The average Bonchev–Trinajstić information content (AvgIpc) is 2.42. The maximum Gasteiger partial charge on any atom is 0.159 e. The van der Waals surface area contributed by atoms with Gasteiger partial charge >= 0.3 is 0 Å². The van der Waals surface area contributed by atoms with Crippen molar-refractivity contribution in [2.45, 2.75) is 49.9 Å². The van der Waals surface area contributed by atoms with Crippen LogP contribution in [-0.2, 0) is 0 Å². The number of hydrogen-bond donors (Lipinski definition) is 1.